The number of carbonyl (C=O) groups is 3. The fourth-order valence-corrected chi connectivity index (χ4v) is 8.10. The maximum Gasteiger partial charge on any atom is 0.411 e. The number of piperidine rings is 1. The second kappa shape index (κ2) is 19.9. The fraction of sp³-hybridized carbons (Fsp3) is 0.300. The molecule has 1 fully saturated rings. The maximum absolute atomic E-state index is 13.5. The number of Topliss-reactive ketones (excluding diaryl/α,β-unsaturated/α-hetero) is 1. The Hall–Kier alpha value is -6.27. The smallest absolute Gasteiger partial charge is 0.411 e. The Bertz CT molecular complexity index is 2360. The SMILES string of the molecule is Cc1ccc(C(=O)Cc2ccc(CCC[C@H](O)c3ccc(O)c4c3C=CC(O)N4)cc2)cc1N(C)C(=O)CCN1CCC(OC(=O)Nc2ccccc2-c2ccccc2)CC1. The average molecular weight is 823 g/mol. The Morgan fingerprint density at radius 3 is 2.41 bits per heavy atom. The summed E-state index contributed by atoms with van der Waals surface area (Å²) >= 11 is 0. The van der Waals surface area contributed by atoms with Gasteiger partial charge in [0.1, 0.15) is 18.1 Å². The van der Waals surface area contributed by atoms with Gasteiger partial charge in [-0.15, -0.1) is 0 Å². The van der Waals surface area contributed by atoms with Crippen LogP contribution in [0.4, 0.5) is 21.9 Å². The van der Waals surface area contributed by atoms with Crippen LogP contribution in [0.1, 0.15) is 76.4 Å². The van der Waals surface area contributed by atoms with E-state index in [0.29, 0.717) is 79.1 Å². The van der Waals surface area contributed by atoms with Gasteiger partial charge in [-0.3, -0.25) is 14.9 Å². The highest BCUT2D eigenvalue weighted by Crippen LogP contribution is 2.38. The van der Waals surface area contributed by atoms with Crippen LogP contribution in [-0.2, 0) is 22.4 Å². The highest BCUT2D eigenvalue weighted by Gasteiger charge is 2.25. The van der Waals surface area contributed by atoms with E-state index in [4.69, 9.17) is 4.74 Å². The number of ether oxygens (including phenoxy) is 1. The van der Waals surface area contributed by atoms with E-state index in [0.717, 1.165) is 40.7 Å². The molecule has 2 atom stereocenters. The number of rotatable bonds is 15. The number of phenols is 1. The number of hydrogen-bond donors (Lipinski definition) is 5. The zero-order valence-electron chi connectivity index (χ0n) is 34.7. The molecule has 11 heteroatoms. The summed E-state index contributed by atoms with van der Waals surface area (Å²) in [6.45, 7) is 3.95. The van der Waals surface area contributed by atoms with Crippen LogP contribution in [0.5, 0.6) is 5.75 Å². The molecule has 5 aromatic carbocycles. The Morgan fingerprint density at radius 2 is 1.64 bits per heavy atom. The molecule has 1 unspecified atom stereocenters. The van der Waals surface area contributed by atoms with E-state index in [2.05, 4.69) is 15.5 Å². The van der Waals surface area contributed by atoms with Crippen molar-refractivity contribution in [2.45, 2.75) is 70.3 Å². The highest BCUT2D eigenvalue weighted by atomic mass is 16.6. The van der Waals surface area contributed by atoms with Crippen molar-refractivity contribution in [1.82, 2.24) is 4.90 Å². The third-order valence-electron chi connectivity index (χ3n) is 11.6. The number of fused-ring (bicyclic) bond motifs is 1. The molecule has 5 aromatic rings. The van der Waals surface area contributed by atoms with Crippen molar-refractivity contribution in [2.24, 2.45) is 0 Å². The van der Waals surface area contributed by atoms with Crippen molar-refractivity contribution in [2.75, 3.05) is 42.2 Å². The van der Waals surface area contributed by atoms with Crippen LogP contribution in [0.2, 0.25) is 0 Å². The Morgan fingerprint density at radius 1 is 0.918 bits per heavy atom. The van der Waals surface area contributed by atoms with Gasteiger partial charge in [0.25, 0.3) is 0 Å². The predicted molar refractivity (Wildman–Crippen MR) is 240 cm³/mol. The molecular formula is C50H54N4O7. The number of amides is 2. The van der Waals surface area contributed by atoms with Gasteiger partial charge in [-0.25, -0.2) is 4.79 Å². The molecule has 2 amide bonds. The number of nitrogens with zero attached hydrogens (tertiary/aromatic N) is 2. The molecule has 0 aliphatic carbocycles. The minimum atomic E-state index is -0.893. The number of likely N-dealkylation sites (tertiary alicyclic amines) is 1. The molecule has 61 heavy (non-hydrogen) atoms. The van der Waals surface area contributed by atoms with Crippen LogP contribution < -0.4 is 15.5 Å². The summed E-state index contributed by atoms with van der Waals surface area (Å²) in [6, 6.07) is 34.2. The number of ketones is 1. The van der Waals surface area contributed by atoms with Crippen molar-refractivity contribution >= 4 is 40.9 Å². The van der Waals surface area contributed by atoms with Crippen LogP contribution in [0.25, 0.3) is 17.2 Å². The molecule has 1 saturated heterocycles. The van der Waals surface area contributed by atoms with Crippen LogP contribution in [0.3, 0.4) is 0 Å². The number of para-hydroxylation sites is 1. The average Bonchev–Trinajstić information content (AvgIpc) is 3.27. The first-order valence-corrected chi connectivity index (χ1v) is 21.0. The van der Waals surface area contributed by atoms with E-state index in [1.54, 1.807) is 36.2 Å². The van der Waals surface area contributed by atoms with Crippen molar-refractivity contribution in [3.8, 4) is 16.9 Å². The van der Waals surface area contributed by atoms with Gasteiger partial charge in [0.2, 0.25) is 5.91 Å². The number of anilines is 3. The molecule has 316 valence electrons. The molecule has 7 rings (SSSR count). The van der Waals surface area contributed by atoms with E-state index in [9.17, 15) is 29.7 Å². The summed E-state index contributed by atoms with van der Waals surface area (Å²) < 4.78 is 5.79. The standard InChI is InChI=1S/C50H54N4O7/c1-33-15-20-37(46(57)31-35-18-16-34(17-19-35)9-8-14-44(55)40-21-23-45(56)49-41(40)22-24-47(58)52-49)32-43(33)53(2)48(59)27-30-54-28-25-38(26-29-54)61-50(60)51-42-13-7-6-12-39(42)36-10-4-3-5-11-36/h3-7,10-13,15-24,32,38,44,47,52,55-56,58H,8-9,14,25-31H2,1-2H3,(H,51,60)/t44-,47?/m0/s1. The minimum absolute atomic E-state index is 0.0208. The minimum Gasteiger partial charge on any atom is -0.506 e. The van der Waals surface area contributed by atoms with Gasteiger partial charge < -0.3 is 35.2 Å². The molecule has 0 saturated carbocycles. The van der Waals surface area contributed by atoms with E-state index in [1.165, 1.54) is 6.07 Å². The van der Waals surface area contributed by atoms with Gasteiger partial charge in [0, 0.05) is 61.9 Å². The van der Waals surface area contributed by atoms with Crippen LogP contribution >= 0.6 is 0 Å². The fourth-order valence-electron chi connectivity index (χ4n) is 8.10. The lowest BCUT2D eigenvalue weighted by Gasteiger charge is -2.32. The van der Waals surface area contributed by atoms with E-state index < -0.39 is 18.4 Å². The molecule has 0 aromatic heterocycles. The van der Waals surface area contributed by atoms with Crippen molar-refractivity contribution in [1.29, 1.82) is 0 Å². The number of aliphatic hydroxyl groups excluding tert-OH is 2. The van der Waals surface area contributed by atoms with Gasteiger partial charge in [-0.1, -0.05) is 97.1 Å². The van der Waals surface area contributed by atoms with Crippen molar-refractivity contribution < 1.29 is 34.4 Å². The molecule has 2 aliphatic heterocycles. The summed E-state index contributed by atoms with van der Waals surface area (Å²) in [4.78, 5) is 43.6. The third kappa shape index (κ3) is 10.9. The van der Waals surface area contributed by atoms with E-state index in [1.807, 2.05) is 97.9 Å². The molecule has 0 radical (unpaired) electrons. The van der Waals surface area contributed by atoms with E-state index in [-0.39, 0.29) is 30.0 Å². The lowest BCUT2D eigenvalue weighted by molar-refractivity contribution is -0.118. The lowest BCUT2D eigenvalue weighted by Crippen LogP contribution is -2.40. The van der Waals surface area contributed by atoms with Crippen molar-refractivity contribution in [3.63, 3.8) is 0 Å². The second-order valence-electron chi connectivity index (χ2n) is 15.9. The van der Waals surface area contributed by atoms with E-state index >= 15 is 0 Å². The number of phenolic OH excluding ortho intramolecular Hbond substituents is 1. The Kier molecular flexibility index (Phi) is 13.9. The van der Waals surface area contributed by atoms with Gasteiger partial charge >= 0.3 is 6.09 Å². The molecule has 0 spiro atoms. The van der Waals surface area contributed by atoms with Crippen LogP contribution in [0, 0.1) is 6.92 Å². The zero-order valence-corrected chi connectivity index (χ0v) is 34.7. The Balaban J connectivity index is 0.841. The first-order chi connectivity index (χ1) is 29.5. The quantitative estimate of drug-likeness (QED) is 0.0516. The molecule has 2 heterocycles. The molecule has 2 aliphatic rings. The van der Waals surface area contributed by atoms with Crippen molar-refractivity contribution in [3.05, 3.63) is 149 Å². The number of aryl methyl sites for hydroxylation is 2. The third-order valence-corrected chi connectivity index (χ3v) is 11.6. The summed E-state index contributed by atoms with van der Waals surface area (Å²) in [5, 5.41) is 36.8. The molecule has 0 bridgehead atoms. The number of carbonyl (C=O) groups excluding carboxylic acids is 3. The zero-order chi connectivity index (χ0) is 42.9. The normalized spacial score (nSPS) is 15.6. The summed E-state index contributed by atoms with van der Waals surface area (Å²) in [6.07, 6.45) is 4.89. The molecule has 11 nitrogen and oxygen atoms in total. The molecule has 5 N–H and O–H groups in total. The van der Waals surface area contributed by atoms with Crippen LogP contribution in [0.15, 0.2) is 115 Å². The number of hydrogen-bond acceptors (Lipinski definition) is 9. The lowest BCUT2D eigenvalue weighted by atomic mass is 9.94. The summed E-state index contributed by atoms with van der Waals surface area (Å²) in [7, 11) is 1.75. The number of aromatic hydroxyl groups is 1. The van der Waals surface area contributed by atoms with Gasteiger partial charge in [-0.2, -0.15) is 0 Å². The summed E-state index contributed by atoms with van der Waals surface area (Å²) in [5.41, 5.74) is 8.55. The maximum atomic E-state index is 13.5. The van der Waals surface area contributed by atoms with Gasteiger partial charge in [0.05, 0.1) is 17.5 Å². The second-order valence-corrected chi connectivity index (χ2v) is 15.9. The highest BCUT2D eigenvalue weighted by molar-refractivity contribution is 6.00. The number of nitrogens with one attached hydrogen (secondary N) is 2. The summed E-state index contributed by atoms with van der Waals surface area (Å²) in [5.74, 6) is -0.0559. The van der Waals surface area contributed by atoms with Crippen LogP contribution in [-0.4, -0.2) is 77.0 Å². The first kappa shape index (κ1) is 42.8. The Labute approximate surface area is 357 Å². The van der Waals surface area contributed by atoms with Gasteiger partial charge in [0.15, 0.2) is 5.78 Å². The molecular weight excluding hydrogens is 769 g/mol. The predicted octanol–water partition coefficient (Wildman–Crippen LogP) is 8.67. The number of benzene rings is 5. The van der Waals surface area contributed by atoms with Gasteiger partial charge in [-0.05, 0) is 91.1 Å². The number of aliphatic hydroxyl groups is 2. The monoisotopic (exact) mass is 822 g/mol. The largest absolute Gasteiger partial charge is 0.506 e. The first-order valence-electron chi connectivity index (χ1n) is 21.0. The topological polar surface area (TPSA) is 152 Å².